The first-order valence-corrected chi connectivity index (χ1v) is 5.94. The number of ether oxygens (including phenoxy) is 1. The van der Waals surface area contributed by atoms with Gasteiger partial charge < -0.3 is 10.5 Å². The van der Waals surface area contributed by atoms with Gasteiger partial charge in [-0.05, 0) is 28.8 Å². The van der Waals surface area contributed by atoms with Crippen LogP contribution in [0.5, 0.6) is 5.75 Å². The number of rotatable bonds is 4. The average Bonchev–Trinajstić information content (AvgIpc) is 2.46. The largest absolute Gasteiger partial charge is 0.497 e. The second kappa shape index (κ2) is 6.03. The Hall–Kier alpha value is -2.06. The van der Waals surface area contributed by atoms with E-state index in [0.29, 0.717) is 6.54 Å². The lowest BCUT2D eigenvalue weighted by atomic mass is 10.0. The third kappa shape index (κ3) is 2.99. The maximum Gasteiger partial charge on any atom is 0.118 e. The van der Waals surface area contributed by atoms with Gasteiger partial charge in [-0.3, -0.25) is 0 Å². The van der Waals surface area contributed by atoms with Crippen molar-refractivity contribution in [3.8, 4) is 16.9 Å². The first kappa shape index (κ1) is 12.4. The molecule has 2 rings (SSSR count). The molecule has 0 aromatic heterocycles. The summed E-state index contributed by atoms with van der Waals surface area (Å²) in [7, 11) is 1.67. The summed E-state index contributed by atoms with van der Waals surface area (Å²) in [6, 6.07) is 16.5. The minimum atomic E-state index is 0.570. The predicted molar refractivity (Wildman–Crippen MR) is 76.5 cm³/mol. The van der Waals surface area contributed by atoms with Gasteiger partial charge in [0, 0.05) is 6.54 Å². The van der Waals surface area contributed by atoms with Gasteiger partial charge in [0.2, 0.25) is 0 Å². The van der Waals surface area contributed by atoms with Crippen LogP contribution in [0.25, 0.3) is 17.2 Å². The molecule has 18 heavy (non-hydrogen) atoms. The number of hydrogen-bond acceptors (Lipinski definition) is 2. The topological polar surface area (TPSA) is 35.2 Å². The summed E-state index contributed by atoms with van der Waals surface area (Å²) in [6.07, 6.45) is 3.97. The fourth-order valence-corrected chi connectivity index (χ4v) is 1.77. The van der Waals surface area contributed by atoms with E-state index in [9.17, 15) is 0 Å². The van der Waals surface area contributed by atoms with Crippen LogP contribution in [0.1, 0.15) is 5.56 Å². The second-order valence-electron chi connectivity index (χ2n) is 3.99. The average molecular weight is 239 g/mol. The Kier molecular flexibility index (Phi) is 4.15. The predicted octanol–water partition coefficient (Wildman–Crippen LogP) is 3.33. The maximum absolute atomic E-state index is 5.43. The molecule has 0 saturated heterocycles. The van der Waals surface area contributed by atoms with Gasteiger partial charge in [0.15, 0.2) is 0 Å². The molecule has 0 bridgehead atoms. The van der Waals surface area contributed by atoms with E-state index >= 15 is 0 Å². The molecule has 0 aliphatic heterocycles. The molecule has 0 saturated carbocycles. The van der Waals surface area contributed by atoms with Crippen molar-refractivity contribution in [2.45, 2.75) is 0 Å². The van der Waals surface area contributed by atoms with E-state index in [4.69, 9.17) is 10.5 Å². The first-order chi connectivity index (χ1) is 8.83. The van der Waals surface area contributed by atoms with Crippen LogP contribution in [-0.4, -0.2) is 13.7 Å². The van der Waals surface area contributed by atoms with E-state index in [1.165, 1.54) is 11.1 Å². The third-order valence-corrected chi connectivity index (χ3v) is 2.78. The van der Waals surface area contributed by atoms with Crippen molar-refractivity contribution in [2.75, 3.05) is 13.7 Å². The summed E-state index contributed by atoms with van der Waals surface area (Å²) in [5.41, 5.74) is 8.97. The zero-order valence-corrected chi connectivity index (χ0v) is 10.5. The number of methoxy groups -OCH3 is 1. The highest BCUT2D eigenvalue weighted by molar-refractivity contribution is 5.66. The Labute approximate surface area is 108 Å². The van der Waals surface area contributed by atoms with Crippen molar-refractivity contribution in [1.82, 2.24) is 0 Å². The smallest absolute Gasteiger partial charge is 0.118 e. The second-order valence-corrected chi connectivity index (χ2v) is 3.99. The molecule has 0 radical (unpaired) electrons. The van der Waals surface area contributed by atoms with Crippen LogP contribution >= 0.6 is 0 Å². The van der Waals surface area contributed by atoms with Crippen molar-refractivity contribution in [3.63, 3.8) is 0 Å². The first-order valence-electron chi connectivity index (χ1n) is 5.94. The van der Waals surface area contributed by atoms with Gasteiger partial charge in [-0.15, -0.1) is 0 Å². The van der Waals surface area contributed by atoms with E-state index in [-0.39, 0.29) is 0 Å². The summed E-state index contributed by atoms with van der Waals surface area (Å²) < 4.78 is 5.15. The van der Waals surface area contributed by atoms with Gasteiger partial charge in [0.05, 0.1) is 7.11 Å². The lowest BCUT2D eigenvalue weighted by molar-refractivity contribution is 0.415. The highest BCUT2D eigenvalue weighted by atomic mass is 16.5. The molecule has 92 valence electrons. The zero-order chi connectivity index (χ0) is 12.8. The quantitative estimate of drug-likeness (QED) is 0.888. The van der Waals surface area contributed by atoms with Gasteiger partial charge in [-0.1, -0.05) is 48.6 Å². The highest BCUT2D eigenvalue weighted by Gasteiger charge is 1.97. The summed E-state index contributed by atoms with van der Waals surface area (Å²) in [5, 5.41) is 0. The Bertz CT molecular complexity index is 512. The number of nitrogens with two attached hydrogens (primary N) is 1. The monoisotopic (exact) mass is 239 g/mol. The van der Waals surface area contributed by atoms with Gasteiger partial charge in [0.1, 0.15) is 5.75 Å². The van der Waals surface area contributed by atoms with E-state index in [1.807, 2.05) is 24.3 Å². The number of hydrogen-bond donors (Lipinski definition) is 1. The molecule has 0 aliphatic carbocycles. The zero-order valence-electron chi connectivity index (χ0n) is 10.5. The standard InChI is InChI=1S/C16H17NO/c1-18-16-10-8-15(9-11-16)14-6-4-13(5-7-14)3-2-12-17/h2-11H,12,17H2,1H3. The minimum absolute atomic E-state index is 0.570. The fraction of sp³-hybridized carbons (Fsp3) is 0.125. The van der Waals surface area contributed by atoms with Gasteiger partial charge in [-0.25, -0.2) is 0 Å². The van der Waals surface area contributed by atoms with Crippen molar-refractivity contribution in [3.05, 3.63) is 60.2 Å². The molecule has 2 aromatic rings. The van der Waals surface area contributed by atoms with Gasteiger partial charge in [-0.2, -0.15) is 0 Å². The molecule has 0 aliphatic rings. The molecular weight excluding hydrogens is 222 g/mol. The maximum atomic E-state index is 5.43. The molecule has 2 nitrogen and oxygen atoms in total. The lowest BCUT2D eigenvalue weighted by Crippen LogP contribution is -1.91. The van der Waals surface area contributed by atoms with Crippen molar-refractivity contribution in [2.24, 2.45) is 5.73 Å². The van der Waals surface area contributed by atoms with Gasteiger partial charge >= 0.3 is 0 Å². The third-order valence-electron chi connectivity index (χ3n) is 2.78. The summed E-state index contributed by atoms with van der Waals surface area (Å²) in [4.78, 5) is 0. The molecule has 2 N–H and O–H groups in total. The molecule has 0 spiro atoms. The minimum Gasteiger partial charge on any atom is -0.497 e. The molecule has 2 heteroatoms. The Morgan fingerprint density at radius 1 is 0.944 bits per heavy atom. The molecule has 0 amide bonds. The van der Waals surface area contributed by atoms with Crippen molar-refractivity contribution >= 4 is 6.08 Å². The van der Waals surface area contributed by atoms with Crippen LogP contribution in [0.3, 0.4) is 0 Å². The summed E-state index contributed by atoms with van der Waals surface area (Å²) in [6.45, 7) is 0.570. The van der Waals surface area contributed by atoms with Crippen LogP contribution in [0, 0.1) is 0 Å². The van der Waals surface area contributed by atoms with E-state index in [0.717, 1.165) is 11.3 Å². The molecular formula is C16H17NO. The normalized spacial score (nSPS) is 10.8. The van der Waals surface area contributed by atoms with Crippen LogP contribution in [0.4, 0.5) is 0 Å². The Morgan fingerprint density at radius 2 is 1.50 bits per heavy atom. The van der Waals surface area contributed by atoms with E-state index in [2.05, 4.69) is 36.4 Å². The Balaban J connectivity index is 2.20. The molecule has 0 fully saturated rings. The number of benzene rings is 2. The van der Waals surface area contributed by atoms with Crippen molar-refractivity contribution in [1.29, 1.82) is 0 Å². The summed E-state index contributed by atoms with van der Waals surface area (Å²) in [5.74, 6) is 0.876. The lowest BCUT2D eigenvalue weighted by Gasteiger charge is -2.04. The SMILES string of the molecule is COc1ccc(-c2ccc(C=CCN)cc2)cc1. The fourth-order valence-electron chi connectivity index (χ4n) is 1.77. The van der Waals surface area contributed by atoms with E-state index in [1.54, 1.807) is 7.11 Å². The van der Waals surface area contributed by atoms with Crippen LogP contribution in [0.2, 0.25) is 0 Å². The van der Waals surface area contributed by atoms with Crippen LogP contribution in [0.15, 0.2) is 54.6 Å². The molecule has 0 heterocycles. The Morgan fingerprint density at radius 3 is 2.00 bits per heavy atom. The summed E-state index contributed by atoms with van der Waals surface area (Å²) >= 11 is 0. The molecule has 0 atom stereocenters. The molecule has 2 aromatic carbocycles. The van der Waals surface area contributed by atoms with E-state index < -0.39 is 0 Å². The highest BCUT2D eigenvalue weighted by Crippen LogP contribution is 2.22. The van der Waals surface area contributed by atoms with Gasteiger partial charge in [0.25, 0.3) is 0 Å². The van der Waals surface area contributed by atoms with Crippen molar-refractivity contribution < 1.29 is 4.74 Å². The van der Waals surface area contributed by atoms with Crippen LogP contribution in [-0.2, 0) is 0 Å². The molecule has 0 unspecified atom stereocenters. The van der Waals surface area contributed by atoms with Crippen LogP contribution < -0.4 is 10.5 Å².